The number of amides is 1. The van der Waals surface area contributed by atoms with Crippen LogP contribution in [-0.4, -0.2) is 45.0 Å². The van der Waals surface area contributed by atoms with Crippen LogP contribution in [0.5, 0.6) is 5.75 Å². The van der Waals surface area contributed by atoms with Crippen molar-refractivity contribution in [2.75, 3.05) is 13.0 Å². The Balaban J connectivity index is 2.92. The van der Waals surface area contributed by atoms with Crippen molar-refractivity contribution in [1.82, 2.24) is 5.32 Å². The van der Waals surface area contributed by atoms with Gasteiger partial charge < -0.3 is 19.2 Å². The maximum absolute atomic E-state index is 12.2. The van der Waals surface area contributed by atoms with Crippen molar-refractivity contribution in [3.8, 4) is 5.75 Å². The average Bonchev–Trinajstić information content (AvgIpc) is 2.64. The van der Waals surface area contributed by atoms with Gasteiger partial charge in [-0.3, -0.25) is 0 Å². The van der Waals surface area contributed by atoms with Gasteiger partial charge in [0.1, 0.15) is 17.4 Å². The molecule has 1 aromatic rings. The van der Waals surface area contributed by atoms with E-state index in [1.165, 1.54) is 7.11 Å². The number of carbonyl (C=O) groups excluding carboxylic acids is 2. The van der Waals surface area contributed by atoms with Crippen molar-refractivity contribution in [2.45, 2.75) is 83.7 Å². The molecule has 31 heavy (non-hydrogen) atoms. The number of alkyl carbamates (subject to hydrolysis) is 1. The fourth-order valence-corrected chi connectivity index (χ4v) is 5.98. The number of methoxy groups -OCH3 is 1. The van der Waals surface area contributed by atoms with Gasteiger partial charge in [-0.25, -0.2) is 9.59 Å². The predicted molar refractivity (Wildman–Crippen MR) is 127 cm³/mol. The molecule has 1 aromatic carbocycles. The van der Waals surface area contributed by atoms with E-state index in [0.717, 1.165) is 23.8 Å². The fourth-order valence-electron chi connectivity index (χ4n) is 2.96. The Morgan fingerprint density at radius 1 is 1.10 bits per heavy atom. The molecule has 1 N–H and O–H groups in total. The Morgan fingerprint density at radius 2 is 1.68 bits per heavy atom. The molecule has 1 rings (SSSR count). The predicted octanol–water partition coefficient (Wildman–Crippen LogP) is 5.68. The number of benzene rings is 1. The smallest absolute Gasteiger partial charge is 0.408 e. The Morgan fingerprint density at radius 3 is 2.13 bits per heavy atom. The number of hydrogen-bond acceptors (Lipinski definition) is 5. The minimum Gasteiger partial charge on any atom is -0.543 e. The topological polar surface area (TPSA) is 73.9 Å². The minimum absolute atomic E-state index is 0.0606. The maximum atomic E-state index is 12.2. The monoisotopic (exact) mass is 471 g/mol. The lowest BCUT2D eigenvalue weighted by Gasteiger charge is -2.39. The first-order chi connectivity index (χ1) is 14.2. The molecule has 0 bridgehead atoms. The molecule has 1 unspecified atom stereocenters. The molecule has 0 saturated carbocycles. The molecule has 0 aliphatic heterocycles. The van der Waals surface area contributed by atoms with Crippen LogP contribution < -0.4 is 9.74 Å². The van der Waals surface area contributed by atoms with E-state index in [1.54, 1.807) is 20.8 Å². The number of esters is 1. The van der Waals surface area contributed by atoms with Crippen molar-refractivity contribution in [3.05, 3.63) is 29.8 Å². The normalized spacial score (nSPS) is 14.9. The molecule has 0 aliphatic carbocycles. The van der Waals surface area contributed by atoms with Crippen LogP contribution >= 0.6 is 11.6 Å². The van der Waals surface area contributed by atoms with E-state index >= 15 is 0 Å². The van der Waals surface area contributed by atoms with Gasteiger partial charge in [0.15, 0.2) is 0 Å². The first kappa shape index (κ1) is 27.3. The van der Waals surface area contributed by atoms with Gasteiger partial charge in [-0.1, -0.05) is 32.9 Å². The third-order valence-electron chi connectivity index (χ3n) is 5.26. The molecule has 1 amide bonds. The summed E-state index contributed by atoms with van der Waals surface area (Å²) in [5.41, 5.74) is 0.218. The van der Waals surface area contributed by atoms with Gasteiger partial charge in [-0.05, 0) is 62.5 Å². The summed E-state index contributed by atoms with van der Waals surface area (Å²) in [7, 11) is -0.769. The van der Waals surface area contributed by atoms with Gasteiger partial charge >= 0.3 is 12.1 Å². The lowest BCUT2D eigenvalue weighted by Crippen LogP contribution is -2.47. The van der Waals surface area contributed by atoms with Crippen LogP contribution in [0.3, 0.4) is 0 Å². The largest absolute Gasteiger partial charge is 0.543 e. The van der Waals surface area contributed by atoms with Gasteiger partial charge in [0.05, 0.1) is 7.11 Å². The van der Waals surface area contributed by atoms with Crippen LogP contribution in [0.4, 0.5) is 4.79 Å². The molecule has 8 heteroatoms. The highest BCUT2D eigenvalue weighted by molar-refractivity contribution is 6.76. The minimum atomic E-state index is -2.06. The zero-order chi connectivity index (χ0) is 23.9. The molecule has 6 nitrogen and oxygen atoms in total. The third kappa shape index (κ3) is 9.11. The summed E-state index contributed by atoms with van der Waals surface area (Å²) in [5.74, 6) is 0.901. The van der Waals surface area contributed by atoms with E-state index in [2.05, 4.69) is 32.6 Å². The SMILES string of the molecule is COC(=O)[C@H](Cc1ccc(O[Si](C)(CCCCl)C(C)(C)C)cc1)NC(=O)OC(C)(C)C. The Hall–Kier alpha value is -1.73. The summed E-state index contributed by atoms with van der Waals surface area (Å²) in [5, 5.41) is 2.66. The van der Waals surface area contributed by atoms with E-state index in [4.69, 9.17) is 25.5 Å². The van der Waals surface area contributed by atoms with Gasteiger partial charge in [0.25, 0.3) is 8.32 Å². The summed E-state index contributed by atoms with van der Waals surface area (Å²) in [6.45, 7) is 14.2. The van der Waals surface area contributed by atoms with Gasteiger partial charge in [-0.2, -0.15) is 0 Å². The van der Waals surface area contributed by atoms with E-state index in [1.807, 2.05) is 24.3 Å². The quantitative estimate of drug-likeness (QED) is 0.285. The van der Waals surface area contributed by atoms with Crippen LogP contribution in [-0.2, 0) is 20.7 Å². The number of rotatable bonds is 9. The highest BCUT2D eigenvalue weighted by atomic mass is 35.5. The van der Waals surface area contributed by atoms with Crippen LogP contribution in [0.15, 0.2) is 24.3 Å². The number of ether oxygens (including phenoxy) is 2. The second kappa shape index (κ2) is 11.2. The molecule has 0 radical (unpaired) electrons. The Kier molecular flexibility index (Phi) is 9.89. The van der Waals surface area contributed by atoms with Gasteiger partial charge in [-0.15, -0.1) is 11.6 Å². The molecule has 0 spiro atoms. The first-order valence-corrected chi connectivity index (χ1v) is 13.8. The number of halogens is 1. The standard InChI is InChI=1S/C23H38ClNO5Si/c1-22(2,3)29-21(27)25-19(20(26)28-7)16-17-10-12-18(13-11-17)30-31(8,15-9-14-24)23(4,5)6/h10-13,19H,9,14-16H2,1-8H3,(H,25,27)/t19-,31?/m0/s1. The van der Waals surface area contributed by atoms with Crippen molar-refractivity contribution >= 4 is 32.0 Å². The summed E-state index contributed by atoms with van der Waals surface area (Å²) < 4.78 is 16.6. The van der Waals surface area contributed by atoms with Crippen LogP contribution in [0.2, 0.25) is 17.6 Å². The van der Waals surface area contributed by atoms with Gasteiger partial charge in [0.2, 0.25) is 0 Å². The van der Waals surface area contributed by atoms with E-state index in [9.17, 15) is 9.59 Å². The molecular formula is C23H38ClNO5Si. The number of hydrogen-bond donors (Lipinski definition) is 1. The van der Waals surface area contributed by atoms with Crippen LogP contribution in [0.1, 0.15) is 53.5 Å². The summed E-state index contributed by atoms with van der Waals surface area (Å²) in [4.78, 5) is 24.3. The number of alkyl halides is 1. The van der Waals surface area contributed by atoms with Crippen LogP contribution in [0.25, 0.3) is 0 Å². The number of carbonyl (C=O) groups is 2. The van der Waals surface area contributed by atoms with Gasteiger partial charge in [0, 0.05) is 12.3 Å². The van der Waals surface area contributed by atoms with E-state index in [-0.39, 0.29) is 11.5 Å². The molecule has 176 valence electrons. The zero-order valence-corrected chi connectivity index (χ0v) is 21.9. The summed E-state index contributed by atoms with van der Waals surface area (Å²) in [6, 6.07) is 7.77. The molecule has 0 heterocycles. The Bertz CT molecular complexity index is 727. The molecule has 0 aromatic heterocycles. The highest BCUT2D eigenvalue weighted by Gasteiger charge is 2.43. The average molecular weight is 472 g/mol. The highest BCUT2D eigenvalue weighted by Crippen LogP contribution is 2.41. The lowest BCUT2D eigenvalue weighted by atomic mass is 10.1. The number of nitrogens with one attached hydrogen (secondary N) is 1. The lowest BCUT2D eigenvalue weighted by molar-refractivity contribution is -0.143. The fraction of sp³-hybridized carbons (Fsp3) is 0.652. The molecule has 2 atom stereocenters. The molecule has 0 fully saturated rings. The summed E-state index contributed by atoms with van der Waals surface area (Å²) >= 11 is 5.93. The van der Waals surface area contributed by atoms with Crippen molar-refractivity contribution in [1.29, 1.82) is 0 Å². The zero-order valence-electron chi connectivity index (χ0n) is 20.1. The first-order valence-electron chi connectivity index (χ1n) is 10.6. The molecular weight excluding hydrogens is 434 g/mol. The maximum Gasteiger partial charge on any atom is 0.408 e. The van der Waals surface area contributed by atoms with Crippen LogP contribution in [0, 0.1) is 0 Å². The second-order valence-corrected chi connectivity index (χ2v) is 15.0. The van der Waals surface area contributed by atoms with Crippen molar-refractivity contribution < 1.29 is 23.5 Å². The van der Waals surface area contributed by atoms with E-state index in [0.29, 0.717) is 5.88 Å². The second-order valence-electron chi connectivity index (χ2n) is 9.95. The summed E-state index contributed by atoms with van der Waals surface area (Å²) in [6.07, 6.45) is 0.553. The molecule has 0 aliphatic rings. The van der Waals surface area contributed by atoms with Crippen molar-refractivity contribution in [2.24, 2.45) is 0 Å². The molecule has 0 saturated heterocycles. The Labute approximate surface area is 193 Å². The third-order valence-corrected chi connectivity index (χ3v) is 10.7. The van der Waals surface area contributed by atoms with E-state index < -0.39 is 32.0 Å². The van der Waals surface area contributed by atoms with Crippen molar-refractivity contribution in [3.63, 3.8) is 0 Å².